The number of halogens is 1. The van der Waals surface area contributed by atoms with Crippen LogP contribution >= 0.6 is 24.0 Å². The Hall–Kier alpha value is -3.01. The van der Waals surface area contributed by atoms with Crippen molar-refractivity contribution in [2.24, 2.45) is 10.9 Å². The monoisotopic (exact) mass is 574 g/mol. The predicted molar refractivity (Wildman–Crippen MR) is 145 cm³/mol. The average Bonchev–Trinajstić information content (AvgIpc) is 3.50. The molecule has 1 aliphatic carbocycles. The number of hydrogen-bond donors (Lipinski definition) is 3. The van der Waals surface area contributed by atoms with Gasteiger partial charge in [-0.05, 0) is 61.6 Å². The van der Waals surface area contributed by atoms with Gasteiger partial charge in [0, 0.05) is 24.3 Å². The highest BCUT2D eigenvalue weighted by atomic mass is 127. The minimum atomic E-state index is -0.272. The van der Waals surface area contributed by atoms with Gasteiger partial charge in [0.1, 0.15) is 5.75 Å². The van der Waals surface area contributed by atoms with Crippen molar-refractivity contribution in [2.75, 3.05) is 18.5 Å². The van der Waals surface area contributed by atoms with Gasteiger partial charge in [-0.1, -0.05) is 30.3 Å². The quantitative estimate of drug-likeness (QED) is 0.176. The molecule has 0 saturated heterocycles. The highest BCUT2D eigenvalue weighted by molar-refractivity contribution is 14.0. The number of guanidine groups is 1. The Morgan fingerprint density at radius 2 is 1.85 bits per heavy atom. The van der Waals surface area contributed by atoms with Crippen LogP contribution in [0.2, 0.25) is 0 Å². The molecule has 1 aromatic heterocycles. The molecule has 1 saturated carbocycles. The molecule has 0 unspecified atom stereocenters. The number of hydrogen-bond acceptors (Lipinski definition) is 4. The van der Waals surface area contributed by atoms with E-state index in [1.54, 1.807) is 12.1 Å². The number of furan rings is 1. The lowest BCUT2D eigenvalue weighted by Gasteiger charge is -2.14. The molecule has 0 atom stereocenters. The van der Waals surface area contributed by atoms with E-state index in [1.807, 2.05) is 49.4 Å². The van der Waals surface area contributed by atoms with Gasteiger partial charge in [0.25, 0.3) is 5.91 Å². The summed E-state index contributed by atoms with van der Waals surface area (Å²) in [5.41, 5.74) is 2.86. The van der Waals surface area contributed by atoms with Gasteiger partial charge in [-0.15, -0.1) is 24.0 Å². The molecule has 0 aliphatic heterocycles. The summed E-state index contributed by atoms with van der Waals surface area (Å²) in [6, 6.07) is 19.1. The number of nitrogens with zero attached hydrogens (tertiary/aromatic N) is 1. The second-order valence-corrected chi connectivity index (χ2v) is 8.04. The molecule has 0 radical (unpaired) electrons. The van der Waals surface area contributed by atoms with E-state index in [1.165, 1.54) is 19.1 Å². The minimum absolute atomic E-state index is 0. The van der Waals surface area contributed by atoms with Crippen LogP contribution in [-0.4, -0.2) is 25.0 Å². The first-order valence-corrected chi connectivity index (χ1v) is 11.4. The molecule has 1 fully saturated rings. The van der Waals surface area contributed by atoms with Gasteiger partial charge in [0.2, 0.25) is 0 Å². The van der Waals surface area contributed by atoms with Crippen LogP contribution in [-0.2, 0) is 13.1 Å². The lowest BCUT2D eigenvalue weighted by molar-refractivity contribution is 0.0996. The van der Waals surface area contributed by atoms with E-state index >= 15 is 0 Å². The summed E-state index contributed by atoms with van der Waals surface area (Å²) < 4.78 is 11.1. The van der Waals surface area contributed by atoms with E-state index in [-0.39, 0.29) is 35.6 Å². The van der Waals surface area contributed by atoms with Crippen molar-refractivity contribution in [2.45, 2.75) is 32.9 Å². The van der Waals surface area contributed by atoms with E-state index in [2.05, 4.69) is 22.0 Å². The minimum Gasteiger partial charge on any atom is -0.493 e. The van der Waals surface area contributed by atoms with Crippen LogP contribution < -0.4 is 20.7 Å². The van der Waals surface area contributed by atoms with Crippen molar-refractivity contribution in [1.82, 2.24) is 10.6 Å². The summed E-state index contributed by atoms with van der Waals surface area (Å²) in [6.07, 6.45) is 4.02. The van der Waals surface area contributed by atoms with Crippen LogP contribution in [0.25, 0.3) is 0 Å². The van der Waals surface area contributed by atoms with E-state index in [0.29, 0.717) is 18.8 Å². The standard InChI is InChI=1S/C26H30N4O3.HI/c1-2-27-26(29-17-21-6-3-4-7-23(21)33-18-20-9-10-20)28-16-19-11-13-22(14-12-19)30-25(31)24-8-5-15-32-24;/h3-8,11-15,20H,2,9-10,16-18H2,1H3,(H,30,31)(H2,27,28,29);1H. The highest BCUT2D eigenvalue weighted by Crippen LogP contribution is 2.30. The molecule has 180 valence electrons. The van der Waals surface area contributed by atoms with Gasteiger partial charge < -0.3 is 25.1 Å². The summed E-state index contributed by atoms with van der Waals surface area (Å²) in [5, 5.41) is 9.50. The molecule has 3 N–H and O–H groups in total. The van der Waals surface area contributed by atoms with Crippen LogP contribution in [0, 0.1) is 5.92 Å². The molecule has 1 heterocycles. The van der Waals surface area contributed by atoms with Crippen molar-refractivity contribution >= 4 is 41.5 Å². The Bertz CT molecular complexity index is 1060. The first-order chi connectivity index (χ1) is 16.2. The highest BCUT2D eigenvalue weighted by Gasteiger charge is 2.22. The third-order valence-electron chi connectivity index (χ3n) is 5.31. The maximum atomic E-state index is 12.1. The molecular formula is C26H31IN4O3. The average molecular weight is 574 g/mol. The third-order valence-corrected chi connectivity index (χ3v) is 5.31. The fraction of sp³-hybridized carbons (Fsp3) is 0.308. The van der Waals surface area contributed by atoms with Crippen molar-refractivity contribution in [1.29, 1.82) is 0 Å². The fourth-order valence-corrected chi connectivity index (χ4v) is 3.27. The van der Waals surface area contributed by atoms with E-state index in [9.17, 15) is 4.79 Å². The van der Waals surface area contributed by atoms with Crippen molar-refractivity contribution in [3.05, 3.63) is 83.8 Å². The number of amides is 1. The molecule has 4 rings (SSSR count). The second-order valence-electron chi connectivity index (χ2n) is 8.04. The molecular weight excluding hydrogens is 543 g/mol. The lowest BCUT2D eigenvalue weighted by Crippen LogP contribution is -2.36. The first kappa shape index (κ1) is 25.6. The Kier molecular flexibility index (Phi) is 9.81. The predicted octanol–water partition coefficient (Wildman–Crippen LogP) is 5.19. The van der Waals surface area contributed by atoms with Crippen molar-refractivity contribution < 1.29 is 13.9 Å². The Balaban J connectivity index is 0.00000324. The number of ether oxygens (including phenoxy) is 1. The number of benzene rings is 2. The van der Waals surface area contributed by atoms with E-state index in [0.717, 1.165) is 41.9 Å². The number of nitrogens with one attached hydrogen (secondary N) is 3. The molecule has 2 aromatic carbocycles. The van der Waals surface area contributed by atoms with Crippen LogP contribution in [0.1, 0.15) is 41.4 Å². The number of para-hydroxylation sites is 1. The maximum absolute atomic E-state index is 12.1. The summed E-state index contributed by atoms with van der Waals surface area (Å²) in [6.45, 7) is 4.75. The molecule has 1 aliphatic rings. The fourth-order valence-electron chi connectivity index (χ4n) is 3.27. The molecule has 8 heteroatoms. The normalized spacial score (nSPS) is 13.0. The third kappa shape index (κ3) is 7.79. The maximum Gasteiger partial charge on any atom is 0.291 e. The Morgan fingerprint density at radius 1 is 1.06 bits per heavy atom. The number of carbonyl (C=O) groups is 1. The smallest absolute Gasteiger partial charge is 0.291 e. The summed E-state index contributed by atoms with van der Waals surface area (Å²) in [5.74, 6) is 2.40. The Labute approximate surface area is 217 Å². The number of aliphatic imine (C=N–C) groups is 1. The molecule has 7 nitrogen and oxygen atoms in total. The van der Waals surface area contributed by atoms with Gasteiger partial charge in [0.15, 0.2) is 11.7 Å². The lowest BCUT2D eigenvalue weighted by atomic mass is 10.2. The second kappa shape index (κ2) is 13.0. The molecule has 3 aromatic rings. The summed E-state index contributed by atoms with van der Waals surface area (Å²) >= 11 is 0. The van der Waals surface area contributed by atoms with Crippen LogP contribution in [0.5, 0.6) is 5.75 Å². The molecule has 1 amide bonds. The van der Waals surface area contributed by atoms with Crippen molar-refractivity contribution in [3.63, 3.8) is 0 Å². The summed E-state index contributed by atoms with van der Waals surface area (Å²) in [7, 11) is 0. The van der Waals surface area contributed by atoms with Gasteiger partial charge in [0.05, 0.1) is 19.4 Å². The first-order valence-electron chi connectivity index (χ1n) is 11.4. The number of anilines is 1. The van der Waals surface area contributed by atoms with E-state index in [4.69, 9.17) is 14.1 Å². The van der Waals surface area contributed by atoms with Crippen LogP contribution in [0.3, 0.4) is 0 Å². The topological polar surface area (TPSA) is 87.9 Å². The summed E-state index contributed by atoms with van der Waals surface area (Å²) in [4.78, 5) is 16.8. The van der Waals surface area contributed by atoms with Crippen LogP contribution in [0.15, 0.2) is 76.3 Å². The SMILES string of the molecule is CCNC(=NCc1ccc(NC(=O)c2ccco2)cc1)NCc1ccccc1OCC1CC1.I. The zero-order chi connectivity index (χ0) is 22.9. The van der Waals surface area contributed by atoms with Crippen molar-refractivity contribution in [3.8, 4) is 5.75 Å². The molecule has 0 spiro atoms. The molecule has 34 heavy (non-hydrogen) atoms. The van der Waals surface area contributed by atoms with Gasteiger partial charge in [-0.25, -0.2) is 4.99 Å². The largest absolute Gasteiger partial charge is 0.493 e. The Morgan fingerprint density at radius 3 is 2.56 bits per heavy atom. The number of rotatable bonds is 10. The van der Waals surface area contributed by atoms with Crippen LogP contribution in [0.4, 0.5) is 5.69 Å². The number of carbonyl (C=O) groups excluding carboxylic acids is 1. The van der Waals surface area contributed by atoms with Gasteiger partial charge in [-0.3, -0.25) is 4.79 Å². The molecule has 0 bridgehead atoms. The van der Waals surface area contributed by atoms with Gasteiger partial charge >= 0.3 is 0 Å². The van der Waals surface area contributed by atoms with Gasteiger partial charge in [-0.2, -0.15) is 0 Å². The zero-order valence-corrected chi connectivity index (χ0v) is 21.6. The van der Waals surface area contributed by atoms with E-state index < -0.39 is 0 Å². The zero-order valence-electron chi connectivity index (χ0n) is 19.3.